The molecule has 0 bridgehead atoms. The smallest absolute Gasteiger partial charge is 0.273 e. The Morgan fingerprint density at radius 1 is 1.28 bits per heavy atom. The molecule has 0 radical (unpaired) electrons. The van der Waals surface area contributed by atoms with Crippen molar-refractivity contribution in [2.75, 3.05) is 5.32 Å². The molecule has 1 aromatic rings. The first-order valence-corrected chi connectivity index (χ1v) is 7.27. The van der Waals surface area contributed by atoms with Gasteiger partial charge in [0.2, 0.25) is 0 Å². The van der Waals surface area contributed by atoms with Crippen LogP contribution in [0, 0.1) is 5.92 Å². The fourth-order valence-corrected chi connectivity index (χ4v) is 2.80. The molecule has 0 saturated carbocycles. The summed E-state index contributed by atoms with van der Waals surface area (Å²) in [7, 11) is -4.16. The first-order chi connectivity index (χ1) is 8.36. The summed E-state index contributed by atoms with van der Waals surface area (Å²) in [6.45, 7) is 7.28. The Hall–Kier alpha value is -1.33. The van der Waals surface area contributed by atoms with Gasteiger partial charge in [0, 0.05) is 5.69 Å². The Balaban J connectivity index is 3.00. The number of para-hydroxylation sites is 1. The highest BCUT2D eigenvalue weighted by molar-refractivity contribution is 7.86. The molecule has 2 unspecified atom stereocenters. The Kier molecular flexibility index (Phi) is 4.93. The van der Waals surface area contributed by atoms with Crippen LogP contribution < -0.4 is 5.32 Å². The third-order valence-electron chi connectivity index (χ3n) is 2.76. The van der Waals surface area contributed by atoms with E-state index in [2.05, 4.69) is 11.9 Å². The van der Waals surface area contributed by atoms with Crippen LogP contribution in [-0.2, 0) is 10.1 Å². The van der Waals surface area contributed by atoms with Crippen molar-refractivity contribution in [1.29, 1.82) is 0 Å². The van der Waals surface area contributed by atoms with E-state index >= 15 is 0 Å². The van der Waals surface area contributed by atoms with Gasteiger partial charge in [-0.2, -0.15) is 8.42 Å². The van der Waals surface area contributed by atoms with E-state index in [4.69, 9.17) is 0 Å². The summed E-state index contributed by atoms with van der Waals surface area (Å²) in [5, 5.41) is 2.10. The molecule has 100 valence electrons. The highest BCUT2D eigenvalue weighted by Gasteiger charge is 2.31. The zero-order chi connectivity index (χ0) is 13.8. The summed E-state index contributed by atoms with van der Waals surface area (Å²) < 4.78 is 31.9. The van der Waals surface area contributed by atoms with Crippen LogP contribution >= 0.6 is 0 Å². The number of rotatable bonds is 6. The fourth-order valence-electron chi connectivity index (χ4n) is 1.81. The minimum absolute atomic E-state index is 0.0233. The molecule has 4 nitrogen and oxygen atoms in total. The zero-order valence-electron chi connectivity index (χ0n) is 10.6. The molecule has 2 N–H and O–H groups in total. The second-order valence-corrected chi connectivity index (χ2v) is 6.07. The van der Waals surface area contributed by atoms with E-state index in [0.29, 0.717) is 0 Å². The predicted octanol–water partition coefficient (Wildman–Crippen LogP) is 2.57. The molecule has 0 aliphatic carbocycles. The summed E-state index contributed by atoms with van der Waals surface area (Å²) in [6, 6.07) is 8.86. The van der Waals surface area contributed by atoms with Crippen LogP contribution in [0.25, 0.3) is 0 Å². The molecule has 18 heavy (non-hydrogen) atoms. The van der Waals surface area contributed by atoms with E-state index in [-0.39, 0.29) is 5.92 Å². The SMILES string of the molecule is C=CC(C(Nc1ccccc1)C(C)C)S(=O)(=O)O. The summed E-state index contributed by atoms with van der Waals surface area (Å²) in [5.41, 5.74) is 0.812. The molecular weight excluding hydrogens is 250 g/mol. The number of nitrogens with one attached hydrogen (secondary N) is 1. The van der Waals surface area contributed by atoms with E-state index in [1.165, 1.54) is 6.08 Å². The van der Waals surface area contributed by atoms with Gasteiger partial charge in [0.25, 0.3) is 10.1 Å². The maximum atomic E-state index is 11.3. The Labute approximate surface area is 108 Å². The van der Waals surface area contributed by atoms with Crippen molar-refractivity contribution in [2.45, 2.75) is 25.1 Å². The van der Waals surface area contributed by atoms with Crippen LogP contribution in [0.3, 0.4) is 0 Å². The van der Waals surface area contributed by atoms with Crippen molar-refractivity contribution < 1.29 is 13.0 Å². The molecule has 0 saturated heterocycles. The summed E-state index contributed by atoms with van der Waals surface area (Å²) in [5.74, 6) is 0.0233. The Bertz CT molecular complexity index is 482. The highest BCUT2D eigenvalue weighted by atomic mass is 32.2. The number of benzene rings is 1. The standard InChI is InChI=1S/C13H19NO3S/c1-4-12(18(15,16)17)13(10(2)3)14-11-8-6-5-7-9-11/h4-10,12-14H,1H2,2-3H3,(H,15,16,17). The maximum Gasteiger partial charge on any atom is 0.273 e. The van der Waals surface area contributed by atoms with Gasteiger partial charge in [0.15, 0.2) is 0 Å². The maximum absolute atomic E-state index is 11.3. The molecule has 0 heterocycles. The van der Waals surface area contributed by atoms with Crippen LogP contribution in [0.15, 0.2) is 43.0 Å². The fraction of sp³-hybridized carbons (Fsp3) is 0.385. The molecule has 1 rings (SSSR count). The largest absolute Gasteiger partial charge is 0.380 e. The lowest BCUT2D eigenvalue weighted by Crippen LogP contribution is -2.41. The topological polar surface area (TPSA) is 66.4 Å². The second kappa shape index (κ2) is 6.02. The molecule has 0 aliphatic rings. The van der Waals surface area contributed by atoms with Gasteiger partial charge in [0.05, 0.1) is 6.04 Å². The predicted molar refractivity (Wildman–Crippen MR) is 74.2 cm³/mol. The van der Waals surface area contributed by atoms with E-state index in [9.17, 15) is 13.0 Å². The van der Waals surface area contributed by atoms with E-state index in [1.54, 1.807) is 0 Å². The number of hydrogen-bond donors (Lipinski definition) is 2. The van der Waals surface area contributed by atoms with Gasteiger partial charge >= 0.3 is 0 Å². The van der Waals surface area contributed by atoms with Gasteiger partial charge in [0.1, 0.15) is 5.25 Å². The van der Waals surface area contributed by atoms with Gasteiger partial charge in [-0.25, -0.2) is 0 Å². The van der Waals surface area contributed by atoms with Gasteiger partial charge in [-0.3, -0.25) is 4.55 Å². The van der Waals surface area contributed by atoms with Crippen molar-refractivity contribution in [3.05, 3.63) is 43.0 Å². The molecule has 0 amide bonds. The van der Waals surface area contributed by atoms with Gasteiger partial charge in [-0.05, 0) is 18.1 Å². The lowest BCUT2D eigenvalue weighted by atomic mass is 10.00. The molecule has 0 fully saturated rings. The van der Waals surface area contributed by atoms with Crippen LogP contribution in [0.2, 0.25) is 0 Å². The van der Waals surface area contributed by atoms with Crippen LogP contribution in [-0.4, -0.2) is 24.3 Å². The molecular formula is C13H19NO3S. The Morgan fingerprint density at radius 2 is 1.83 bits per heavy atom. The van der Waals surface area contributed by atoms with Crippen molar-refractivity contribution in [2.24, 2.45) is 5.92 Å². The molecule has 1 aromatic carbocycles. The second-order valence-electron chi connectivity index (χ2n) is 4.50. The lowest BCUT2D eigenvalue weighted by molar-refractivity contribution is 0.446. The van der Waals surface area contributed by atoms with Crippen LogP contribution in [0.4, 0.5) is 5.69 Å². The summed E-state index contributed by atoms with van der Waals surface area (Å²) in [4.78, 5) is 0. The Morgan fingerprint density at radius 3 is 2.22 bits per heavy atom. The average Bonchev–Trinajstić information content (AvgIpc) is 2.28. The van der Waals surface area contributed by atoms with E-state index in [1.807, 2.05) is 44.2 Å². The van der Waals surface area contributed by atoms with Gasteiger partial charge in [-0.1, -0.05) is 38.1 Å². The van der Waals surface area contributed by atoms with Gasteiger partial charge in [-0.15, -0.1) is 6.58 Å². The number of hydrogen-bond acceptors (Lipinski definition) is 3. The van der Waals surface area contributed by atoms with Crippen LogP contribution in [0.1, 0.15) is 13.8 Å². The van der Waals surface area contributed by atoms with Gasteiger partial charge < -0.3 is 5.32 Å². The minimum Gasteiger partial charge on any atom is -0.380 e. The third-order valence-corrected chi connectivity index (χ3v) is 3.93. The zero-order valence-corrected chi connectivity index (χ0v) is 11.4. The summed E-state index contributed by atoms with van der Waals surface area (Å²) >= 11 is 0. The van der Waals surface area contributed by atoms with E-state index < -0.39 is 21.4 Å². The average molecular weight is 269 g/mol. The molecule has 0 aliphatic heterocycles. The first kappa shape index (κ1) is 14.7. The molecule has 5 heteroatoms. The quantitative estimate of drug-likeness (QED) is 0.615. The summed E-state index contributed by atoms with van der Waals surface area (Å²) in [6.07, 6.45) is 1.26. The van der Waals surface area contributed by atoms with Crippen molar-refractivity contribution in [3.63, 3.8) is 0 Å². The van der Waals surface area contributed by atoms with Crippen molar-refractivity contribution >= 4 is 15.8 Å². The minimum atomic E-state index is -4.16. The van der Waals surface area contributed by atoms with Crippen molar-refractivity contribution in [3.8, 4) is 0 Å². The van der Waals surface area contributed by atoms with E-state index in [0.717, 1.165) is 5.69 Å². The number of anilines is 1. The van der Waals surface area contributed by atoms with Crippen molar-refractivity contribution in [1.82, 2.24) is 0 Å². The third kappa shape index (κ3) is 3.85. The molecule has 0 spiro atoms. The lowest BCUT2D eigenvalue weighted by Gasteiger charge is -2.28. The monoisotopic (exact) mass is 269 g/mol. The van der Waals surface area contributed by atoms with Crippen LogP contribution in [0.5, 0.6) is 0 Å². The highest BCUT2D eigenvalue weighted by Crippen LogP contribution is 2.19. The first-order valence-electron chi connectivity index (χ1n) is 5.76. The molecule has 2 atom stereocenters. The molecule has 0 aromatic heterocycles. The normalized spacial score (nSPS) is 15.1.